The zero-order valence-corrected chi connectivity index (χ0v) is 16.4. The van der Waals surface area contributed by atoms with Crippen LogP contribution in [0.5, 0.6) is 0 Å². The number of hydrogen-bond acceptors (Lipinski definition) is 4. The van der Waals surface area contributed by atoms with Crippen LogP contribution in [0.2, 0.25) is 0 Å². The molecule has 3 rings (SSSR count). The van der Waals surface area contributed by atoms with E-state index in [1.807, 2.05) is 48.8 Å². The van der Waals surface area contributed by atoms with Crippen molar-refractivity contribution in [1.82, 2.24) is 15.2 Å². The number of benzene rings is 1. The molecule has 6 nitrogen and oxygen atoms in total. The molecule has 0 radical (unpaired) electrons. The second-order valence-corrected chi connectivity index (χ2v) is 7.29. The fourth-order valence-corrected chi connectivity index (χ4v) is 3.42. The van der Waals surface area contributed by atoms with Crippen molar-refractivity contribution in [3.63, 3.8) is 0 Å². The standard InChI is InChI=1S/C22H28N4O2/c1-2-17-3-5-20(6-4-17)25-22(28)21(27)24-15-18-9-13-26(14-10-18)16-19-7-11-23-12-8-19/h3-8,11-12,18H,2,9-10,13-16H2,1H3,(H,24,27)(H,25,28). The van der Waals surface area contributed by atoms with Gasteiger partial charge in [0.25, 0.3) is 0 Å². The lowest BCUT2D eigenvalue weighted by molar-refractivity contribution is -0.136. The Balaban J connectivity index is 1.37. The summed E-state index contributed by atoms with van der Waals surface area (Å²) in [5, 5.41) is 5.43. The number of nitrogens with one attached hydrogen (secondary N) is 2. The average molecular weight is 380 g/mol. The van der Waals surface area contributed by atoms with Crippen molar-refractivity contribution in [3.8, 4) is 0 Å². The SMILES string of the molecule is CCc1ccc(NC(=O)C(=O)NCC2CCN(Cc3ccncc3)CC2)cc1. The van der Waals surface area contributed by atoms with E-state index in [1.54, 1.807) is 0 Å². The van der Waals surface area contributed by atoms with Crippen LogP contribution < -0.4 is 10.6 Å². The van der Waals surface area contributed by atoms with E-state index in [4.69, 9.17) is 0 Å². The van der Waals surface area contributed by atoms with Crippen molar-refractivity contribution < 1.29 is 9.59 Å². The minimum Gasteiger partial charge on any atom is -0.348 e. The van der Waals surface area contributed by atoms with E-state index in [-0.39, 0.29) is 0 Å². The van der Waals surface area contributed by atoms with Gasteiger partial charge in [0.05, 0.1) is 0 Å². The number of rotatable bonds is 6. The zero-order chi connectivity index (χ0) is 19.8. The molecule has 1 aliphatic heterocycles. The smallest absolute Gasteiger partial charge is 0.313 e. The van der Waals surface area contributed by atoms with Gasteiger partial charge in [-0.05, 0) is 73.7 Å². The van der Waals surface area contributed by atoms with Gasteiger partial charge in [0.1, 0.15) is 0 Å². The molecule has 0 unspecified atom stereocenters. The number of carbonyl (C=O) groups excluding carboxylic acids is 2. The van der Waals surface area contributed by atoms with Crippen molar-refractivity contribution in [1.29, 1.82) is 0 Å². The molecule has 6 heteroatoms. The number of anilines is 1. The highest BCUT2D eigenvalue weighted by Gasteiger charge is 2.21. The molecule has 2 aromatic rings. The number of hydrogen-bond donors (Lipinski definition) is 2. The summed E-state index contributed by atoms with van der Waals surface area (Å²) < 4.78 is 0. The van der Waals surface area contributed by atoms with Crippen LogP contribution in [0.25, 0.3) is 0 Å². The summed E-state index contributed by atoms with van der Waals surface area (Å²) in [6.07, 6.45) is 6.62. The first-order valence-corrected chi connectivity index (χ1v) is 9.93. The molecule has 0 bridgehead atoms. The molecular formula is C22H28N4O2. The highest BCUT2D eigenvalue weighted by atomic mass is 16.2. The normalized spacial score (nSPS) is 15.2. The van der Waals surface area contributed by atoms with Crippen LogP contribution in [0.4, 0.5) is 5.69 Å². The molecule has 28 heavy (non-hydrogen) atoms. The number of carbonyl (C=O) groups is 2. The van der Waals surface area contributed by atoms with E-state index >= 15 is 0 Å². The largest absolute Gasteiger partial charge is 0.348 e. The van der Waals surface area contributed by atoms with Gasteiger partial charge in [0, 0.05) is 31.2 Å². The van der Waals surface area contributed by atoms with E-state index in [0.717, 1.165) is 38.9 Å². The highest BCUT2D eigenvalue weighted by molar-refractivity contribution is 6.39. The zero-order valence-electron chi connectivity index (χ0n) is 16.4. The van der Waals surface area contributed by atoms with E-state index in [0.29, 0.717) is 18.2 Å². The first-order chi connectivity index (χ1) is 13.6. The van der Waals surface area contributed by atoms with Gasteiger partial charge in [-0.2, -0.15) is 0 Å². The lowest BCUT2D eigenvalue weighted by Crippen LogP contribution is -2.41. The first-order valence-electron chi connectivity index (χ1n) is 9.93. The highest BCUT2D eigenvalue weighted by Crippen LogP contribution is 2.18. The second-order valence-electron chi connectivity index (χ2n) is 7.29. The number of piperidine rings is 1. The van der Waals surface area contributed by atoms with Gasteiger partial charge in [-0.3, -0.25) is 19.5 Å². The van der Waals surface area contributed by atoms with Crippen molar-refractivity contribution in [2.45, 2.75) is 32.7 Å². The number of aromatic nitrogens is 1. The Morgan fingerprint density at radius 1 is 1.00 bits per heavy atom. The quantitative estimate of drug-likeness (QED) is 0.756. The lowest BCUT2D eigenvalue weighted by atomic mass is 9.96. The fourth-order valence-electron chi connectivity index (χ4n) is 3.42. The third-order valence-corrected chi connectivity index (χ3v) is 5.24. The topological polar surface area (TPSA) is 74.3 Å². The minimum absolute atomic E-state index is 0.411. The molecule has 1 fully saturated rings. The van der Waals surface area contributed by atoms with Crippen LogP contribution in [0.3, 0.4) is 0 Å². The van der Waals surface area contributed by atoms with Crippen LogP contribution in [-0.4, -0.2) is 41.3 Å². The average Bonchev–Trinajstić information content (AvgIpc) is 2.74. The molecule has 2 heterocycles. The molecule has 148 valence electrons. The lowest BCUT2D eigenvalue weighted by Gasteiger charge is -2.32. The van der Waals surface area contributed by atoms with Crippen molar-refractivity contribution in [2.75, 3.05) is 25.0 Å². The summed E-state index contributed by atoms with van der Waals surface area (Å²) in [5.41, 5.74) is 3.10. The predicted molar refractivity (Wildman–Crippen MR) is 110 cm³/mol. The minimum atomic E-state index is -0.612. The van der Waals surface area contributed by atoms with Crippen molar-refractivity contribution >= 4 is 17.5 Å². The summed E-state index contributed by atoms with van der Waals surface area (Å²) >= 11 is 0. The van der Waals surface area contributed by atoms with Gasteiger partial charge in [0.15, 0.2) is 0 Å². The van der Waals surface area contributed by atoms with Gasteiger partial charge < -0.3 is 10.6 Å². The Kier molecular flexibility index (Phi) is 7.14. The fraction of sp³-hybridized carbons (Fsp3) is 0.409. The predicted octanol–water partition coefficient (Wildman–Crippen LogP) is 2.61. The number of nitrogens with zero attached hydrogens (tertiary/aromatic N) is 2. The van der Waals surface area contributed by atoms with Crippen LogP contribution in [0.1, 0.15) is 30.9 Å². The van der Waals surface area contributed by atoms with Gasteiger partial charge >= 0.3 is 11.8 Å². The van der Waals surface area contributed by atoms with Crippen molar-refractivity contribution in [2.24, 2.45) is 5.92 Å². The number of aryl methyl sites for hydroxylation is 1. The van der Waals surface area contributed by atoms with Gasteiger partial charge in [-0.15, -0.1) is 0 Å². The first kappa shape index (κ1) is 20.0. The molecule has 0 atom stereocenters. The van der Waals surface area contributed by atoms with Crippen LogP contribution in [-0.2, 0) is 22.6 Å². The Hall–Kier alpha value is -2.73. The summed E-state index contributed by atoms with van der Waals surface area (Å²) in [6.45, 7) is 5.55. The van der Waals surface area contributed by atoms with Crippen LogP contribution >= 0.6 is 0 Å². The Morgan fingerprint density at radius 3 is 2.32 bits per heavy atom. The second kappa shape index (κ2) is 9.99. The maximum atomic E-state index is 12.1. The summed E-state index contributed by atoms with van der Waals surface area (Å²) in [7, 11) is 0. The summed E-state index contributed by atoms with van der Waals surface area (Å²) in [4.78, 5) is 30.6. The van der Waals surface area contributed by atoms with E-state index in [2.05, 4.69) is 27.4 Å². The van der Waals surface area contributed by atoms with E-state index in [1.165, 1.54) is 11.1 Å². The molecule has 0 saturated carbocycles. The summed E-state index contributed by atoms with van der Waals surface area (Å²) in [5.74, 6) is -0.771. The van der Waals surface area contributed by atoms with Gasteiger partial charge in [0.2, 0.25) is 0 Å². The molecule has 1 aromatic carbocycles. The Bertz CT molecular complexity index is 769. The van der Waals surface area contributed by atoms with E-state index < -0.39 is 11.8 Å². The molecule has 1 saturated heterocycles. The molecule has 2 N–H and O–H groups in total. The molecule has 1 aromatic heterocycles. The monoisotopic (exact) mass is 380 g/mol. The Morgan fingerprint density at radius 2 is 1.68 bits per heavy atom. The van der Waals surface area contributed by atoms with E-state index in [9.17, 15) is 9.59 Å². The molecular weight excluding hydrogens is 352 g/mol. The van der Waals surface area contributed by atoms with Crippen LogP contribution in [0.15, 0.2) is 48.8 Å². The number of pyridine rings is 1. The van der Waals surface area contributed by atoms with Gasteiger partial charge in [-0.25, -0.2) is 0 Å². The molecule has 0 aliphatic carbocycles. The maximum Gasteiger partial charge on any atom is 0.313 e. The molecule has 1 aliphatic rings. The van der Waals surface area contributed by atoms with Gasteiger partial charge in [-0.1, -0.05) is 19.1 Å². The molecule has 0 spiro atoms. The summed E-state index contributed by atoms with van der Waals surface area (Å²) in [6, 6.07) is 11.6. The third kappa shape index (κ3) is 5.89. The van der Waals surface area contributed by atoms with Crippen LogP contribution in [0, 0.1) is 5.92 Å². The number of likely N-dealkylation sites (tertiary alicyclic amines) is 1. The third-order valence-electron chi connectivity index (χ3n) is 5.24. The Labute approximate surface area is 166 Å². The molecule has 2 amide bonds. The van der Waals surface area contributed by atoms with Crippen molar-refractivity contribution in [3.05, 3.63) is 59.9 Å². The maximum absolute atomic E-state index is 12.1. The number of amides is 2.